The molecule has 0 amide bonds. The van der Waals surface area contributed by atoms with Crippen LogP contribution in [0.3, 0.4) is 0 Å². The van der Waals surface area contributed by atoms with Crippen molar-refractivity contribution in [3.8, 4) is 0 Å². The highest BCUT2D eigenvalue weighted by molar-refractivity contribution is 6.44. The molecule has 8 unspecified atom stereocenters. The number of hydrogen-bond donors (Lipinski definition) is 1. The van der Waals surface area contributed by atoms with E-state index in [1.807, 2.05) is 13.8 Å². The molecule has 1 saturated heterocycles. The van der Waals surface area contributed by atoms with Gasteiger partial charge in [-0.1, -0.05) is 27.4 Å². The molecule has 0 aromatic rings. The Bertz CT molecular complexity index is 725. The third kappa shape index (κ3) is 1.04. The molecule has 0 aromatic heterocycles. The minimum Gasteiger partial charge on any atom is -0.386 e. The number of epoxide rings is 1. The van der Waals surface area contributed by atoms with Gasteiger partial charge in [0.25, 0.3) is 0 Å². The summed E-state index contributed by atoms with van der Waals surface area (Å²) < 4.78 is 6.04. The molecule has 4 saturated carbocycles. The second-order valence-corrected chi connectivity index (χ2v) is 9.56. The number of rotatable bonds is 1. The van der Waals surface area contributed by atoms with Crippen LogP contribution in [0.4, 0.5) is 0 Å². The van der Waals surface area contributed by atoms with E-state index in [-0.39, 0.29) is 34.9 Å². The monoisotopic (exact) mass is 330 g/mol. The standard InChI is InChI=1S/C20H26O4/c1-9(2)11-6-7-19-8-12-10(3)13(21)16-20(12,24-16)18(19,5)15(23)14(22)17(11,19)4/h9,11-13,16,21H,3,6-8H2,1-2,4-5H3. The molecule has 130 valence electrons. The van der Waals surface area contributed by atoms with Gasteiger partial charge in [-0.25, -0.2) is 0 Å². The van der Waals surface area contributed by atoms with Gasteiger partial charge in [-0.05, 0) is 49.0 Å². The molecule has 1 aliphatic heterocycles. The predicted octanol–water partition coefficient (Wildman–Crippen LogP) is 2.29. The van der Waals surface area contributed by atoms with Crippen LogP contribution in [0.5, 0.6) is 0 Å². The van der Waals surface area contributed by atoms with E-state index in [0.717, 1.165) is 24.8 Å². The van der Waals surface area contributed by atoms with E-state index in [4.69, 9.17) is 4.74 Å². The molecule has 4 nitrogen and oxygen atoms in total. The molecule has 0 bridgehead atoms. The predicted molar refractivity (Wildman–Crippen MR) is 87.1 cm³/mol. The summed E-state index contributed by atoms with van der Waals surface area (Å²) in [7, 11) is 0. The van der Waals surface area contributed by atoms with Gasteiger partial charge >= 0.3 is 0 Å². The largest absolute Gasteiger partial charge is 0.386 e. The van der Waals surface area contributed by atoms with Crippen LogP contribution in [-0.4, -0.2) is 34.5 Å². The first kappa shape index (κ1) is 15.3. The maximum absolute atomic E-state index is 13.3. The molecule has 4 aliphatic carbocycles. The Hall–Kier alpha value is -1.00. The Balaban J connectivity index is 1.76. The molecule has 1 heterocycles. The highest BCUT2D eigenvalue weighted by Gasteiger charge is 2.94. The van der Waals surface area contributed by atoms with Gasteiger partial charge in [0.05, 0.1) is 5.41 Å². The number of ketones is 2. The summed E-state index contributed by atoms with van der Waals surface area (Å²) in [6, 6.07) is 0. The van der Waals surface area contributed by atoms with Crippen LogP contribution in [0, 0.1) is 34.0 Å². The zero-order valence-electron chi connectivity index (χ0n) is 14.9. The zero-order chi connectivity index (χ0) is 17.4. The van der Waals surface area contributed by atoms with Crippen molar-refractivity contribution in [3.05, 3.63) is 12.2 Å². The van der Waals surface area contributed by atoms with Gasteiger partial charge in [0.1, 0.15) is 17.8 Å². The molecule has 24 heavy (non-hydrogen) atoms. The SMILES string of the molecule is C=C1C(O)C2OC23C1CC12CCC(C(C)C)C1(C)C(=O)C(=O)C32C. The fourth-order valence-corrected chi connectivity index (χ4v) is 8.02. The van der Waals surface area contributed by atoms with Crippen molar-refractivity contribution in [2.24, 2.45) is 34.0 Å². The van der Waals surface area contributed by atoms with Gasteiger partial charge in [-0.15, -0.1) is 0 Å². The van der Waals surface area contributed by atoms with Crippen molar-refractivity contribution in [3.63, 3.8) is 0 Å². The molecule has 4 heteroatoms. The fraction of sp³-hybridized carbons (Fsp3) is 0.800. The zero-order valence-corrected chi connectivity index (χ0v) is 14.9. The molecular formula is C20H26O4. The fourth-order valence-electron chi connectivity index (χ4n) is 8.02. The van der Waals surface area contributed by atoms with E-state index in [1.54, 1.807) is 0 Å². The normalized spacial score (nSPS) is 60.5. The average Bonchev–Trinajstić information content (AvgIpc) is 3.05. The maximum Gasteiger partial charge on any atom is 0.208 e. The maximum atomic E-state index is 13.3. The number of aliphatic hydroxyl groups is 1. The summed E-state index contributed by atoms with van der Waals surface area (Å²) in [5, 5.41) is 10.4. The summed E-state index contributed by atoms with van der Waals surface area (Å²) in [6.45, 7) is 12.5. The number of carbonyl (C=O) groups is 2. The smallest absolute Gasteiger partial charge is 0.208 e. The second-order valence-electron chi connectivity index (χ2n) is 9.56. The first-order valence-electron chi connectivity index (χ1n) is 9.25. The van der Waals surface area contributed by atoms with E-state index >= 15 is 0 Å². The van der Waals surface area contributed by atoms with E-state index in [9.17, 15) is 14.7 Å². The molecule has 5 fully saturated rings. The Morgan fingerprint density at radius 3 is 2.54 bits per heavy atom. The van der Waals surface area contributed by atoms with Crippen LogP contribution in [0.15, 0.2) is 12.2 Å². The Labute approximate surface area is 142 Å². The summed E-state index contributed by atoms with van der Waals surface area (Å²) in [4.78, 5) is 26.6. The van der Waals surface area contributed by atoms with Gasteiger partial charge in [0.15, 0.2) is 0 Å². The molecule has 1 N–H and O–H groups in total. The van der Waals surface area contributed by atoms with E-state index in [1.165, 1.54) is 0 Å². The van der Waals surface area contributed by atoms with Crippen molar-refractivity contribution < 1.29 is 19.4 Å². The van der Waals surface area contributed by atoms with Crippen LogP contribution in [0.2, 0.25) is 0 Å². The number of hydrogen-bond acceptors (Lipinski definition) is 4. The molecule has 0 aromatic carbocycles. The van der Waals surface area contributed by atoms with Crippen molar-refractivity contribution in [1.29, 1.82) is 0 Å². The lowest BCUT2D eigenvalue weighted by Gasteiger charge is -2.44. The van der Waals surface area contributed by atoms with Gasteiger partial charge < -0.3 is 9.84 Å². The Morgan fingerprint density at radius 1 is 1.25 bits per heavy atom. The van der Waals surface area contributed by atoms with Crippen LogP contribution in [-0.2, 0) is 14.3 Å². The number of carbonyl (C=O) groups excluding carboxylic acids is 2. The van der Waals surface area contributed by atoms with Crippen molar-refractivity contribution in [2.75, 3.05) is 0 Å². The lowest BCUT2D eigenvalue weighted by atomic mass is 9.56. The highest BCUT2D eigenvalue weighted by atomic mass is 16.6. The number of ether oxygens (including phenoxy) is 1. The highest BCUT2D eigenvalue weighted by Crippen LogP contribution is 2.86. The lowest BCUT2D eigenvalue weighted by molar-refractivity contribution is -0.143. The molecule has 5 rings (SSSR count). The third-order valence-electron chi connectivity index (χ3n) is 9.17. The third-order valence-corrected chi connectivity index (χ3v) is 9.17. The van der Waals surface area contributed by atoms with E-state index in [0.29, 0.717) is 5.92 Å². The van der Waals surface area contributed by atoms with Crippen LogP contribution in [0.1, 0.15) is 47.0 Å². The molecular weight excluding hydrogens is 304 g/mol. The van der Waals surface area contributed by atoms with Crippen LogP contribution < -0.4 is 0 Å². The summed E-state index contributed by atoms with van der Waals surface area (Å²) in [6.07, 6.45) is 1.61. The quantitative estimate of drug-likeness (QED) is 0.455. The molecule has 5 aliphatic rings. The molecule has 0 radical (unpaired) electrons. The average molecular weight is 330 g/mol. The summed E-state index contributed by atoms with van der Waals surface area (Å²) in [5.74, 6) is 0.180. The topological polar surface area (TPSA) is 66.9 Å². The minimum atomic E-state index is -0.814. The minimum absolute atomic E-state index is 0.00443. The van der Waals surface area contributed by atoms with Crippen molar-refractivity contribution >= 4 is 11.6 Å². The first-order valence-corrected chi connectivity index (χ1v) is 9.25. The van der Waals surface area contributed by atoms with Gasteiger partial charge in [0, 0.05) is 11.3 Å². The van der Waals surface area contributed by atoms with Crippen molar-refractivity contribution in [2.45, 2.75) is 64.8 Å². The molecule has 8 atom stereocenters. The Kier molecular flexibility index (Phi) is 2.37. The summed E-state index contributed by atoms with van der Waals surface area (Å²) in [5.41, 5.74) is -1.63. The van der Waals surface area contributed by atoms with E-state index in [2.05, 4.69) is 20.4 Å². The lowest BCUT2D eigenvalue weighted by Crippen LogP contribution is -2.48. The molecule has 2 spiro atoms. The van der Waals surface area contributed by atoms with Gasteiger partial charge in [0.2, 0.25) is 11.6 Å². The summed E-state index contributed by atoms with van der Waals surface area (Å²) >= 11 is 0. The first-order chi connectivity index (χ1) is 11.1. The van der Waals surface area contributed by atoms with Crippen LogP contribution in [0.25, 0.3) is 0 Å². The second kappa shape index (κ2) is 3.73. The van der Waals surface area contributed by atoms with Gasteiger partial charge in [-0.3, -0.25) is 9.59 Å². The van der Waals surface area contributed by atoms with Crippen molar-refractivity contribution in [1.82, 2.24) is 0 Å². The Morgan fingerprint density at radius 2 is 1.92 bits per heavy atom. The van der Waals surface area contributed by atoms with E-state index < -0.39 is 22.5 Å². The van der Waals surface area contributed by atoms with Gasteiger partial charge in [-0.2, -0.15) is 0 Å². The van der Waals surface area contributed by atoms with Crippen LogP contribution >= 0.6 is 0 Å². The number of aliphatic hydroxyl groups excluding tert-OH is 1. The number of Topliss-reactive ketones (excluding diaryl/α,β-unsaturated/α-hetero) is 2.